The lowest BCUT2D eigenvalue weighted by Crippen LogP contribution is -2.43. The monoisotopic (exact) mass is 570 g/mol. The van der Waals surface area contributed by atoms with Crippen LogP contribution >= 0.6 is 23.2 Å². The average molecular weight is 571 g/mol. The smallest absolute Gasteiger partial charge is 0.328 e. The molecule has 0 bridgehead atoms. The molecule has 5 rings (SSSR count). The number of anilines is 2. The first-order valence-corrected chi connectivity index (χ1v) is 13.2. The minimum atomic E-state index is -1.10. The van der Waals surface area contributed by atoms with Crippen molar-refractivity contribution in [3.05, 3.63) is 93.2 Å². The molecule has 1 spiro atoms. The molecule has 0 aliphatic carbocycles. The summed E-state index contributed by atoms with van der Waals surface area (Å²) in [6, 6.07) is 15.4. The van der Waals surface area contributed by atoms with Gasteiger partial charge in [0.05, 0.1) is 33.8 Å². The molecule has 0 aromatic heterocycles. The van der Waals surface area contributed by atoms with E-state index in [-0.39, 0.29) is 22.9 Å². The van der Waals surface area contributed by atoms with Gasteiger partial charge in [0, 0.05) is 25.3 Å². The molecular formula is C29H25Cl2FN2O5. The molecule has 2 aliphatic heterocycles. The molecule has 202 valence electrons. The highest BCUT2D eigenvalue weighted by Gasteiger charge is 2.52. The van der Waals surface area contributed by atoms with Crippen molar-refractivity contribution >= 4 is 52.4 Å². The van der Waals surface area contributed by atoms with Gasteiger partial charge in [0.25, 0.3) is 5.91 Å². The van der Waals surface area contributed by atoms with Crippen LogP contribution in [0.25, 0.3) is 0 Å². The minimum absolute atomic E-state index is 0.0527. The highest BCUT2D eigenvalue weighted by atomic mass is 35.5. The molecule has 0 radical (unpaired) electrons. The number of benzene rings is 3. The van der Waals surface area contributed by atoms with E-state index in [0.717, 1.165) is 11.6 Å². The maximum absolute atomic E-state index is 14.2. The molecule has 39 heavy (non-hydrogen) atoms. The number of carbonyl (C=O) groups excluding carboxylic acids is 3. The third-order valence-electron chi connectivity index (χ3n) is 7.30. The molecule has 10 heteroatoms. The van der Waals surface area contributed by atoms with Gasteiger partial charge in [0.2, 0.25) is 5.91 Å². The van der Waals surface area contributed by atoms with Gasteiger partial charge in [0.15, 0.2) is 0 Å². The average Bonchev–Trinajstić information content (AvgIpc) is 3.17. The van der Waals surface area contributed by atoms with E-state index in [1.54, 1.807) is 35.2 Å². The fourth-order valence-electron chi connectivity index (χ4n) is 5.31. The first-order chi connectivity index (χ1) is 18.8. The summed E-state index contributed by atoms with van der Waals surface area (Å²) in [5.41, 5.74) is 1.83. The predicted octanol–water partition coefficient (Wildman–Crippen LogP) is 5.37. The molecule has 2 amide bonds. The first kappa shape index (κ1) is 27.1. The van der Waals surface area contributed by atoms with E-state index in [1.165, 1.54) is 19.2 Å². The second-order valence-corrected chi connectivity index (χ2v) is 10.3. The summed E-state index contributed by atoms with van der Waals surface area (Å²) in [5, 5.41) is 2.93. The summed E-state index contributed by atoms with van der Waals surface area (Å²) in [6.45, 7) is 0.979. The Kier molecular flexibility index (Phi) is 7.62. The van der Waals surface area contributed by atoms with E-state index in [9.17, 15) is 18.8 Å². The zero-order valence-corrected chi connectivity index (χ0v) is 22.5. The van der Waals surface area contributed by atoms with Crippen LogP contribution in [0.5, 0.6) is 0 Å². The number of ether oxygens (including phenoxy) is 2. The quantitative estimate of drug-likeness (QED) is 0.402. The maximum Gasteiger partial charge on any atom is 0.328 e. The lowest BCUT2D eigenvalue weighted by molar-refractivity contribution is -0.142. The Morgan fingerprint density at radius 2 is 1.72 bits per heavy atom. The summed E-state index contributed by atoms with van der Waals surface area (Å²) < 4.78 is 24.6. The topological polar surface area (TPSA) is 84.9 Å². The number of halogens is 3. The molecule has 2 aliphatic rings. The van der Waals surface area contributed by atoms with Crippen LogP contribution < -0.4 is 10.2 Å². The number of methoxy groups -OCH3 is 1. The van der Waals surface area contributed by atoms with Gasteiger partial charge >= 0.3 is 5.97 Å². The number of para-hydroxylation sites is 1. The van der Waals surface area contributed by atoms with E-state index in [4.69, 9.17) is 32.7 Å². The standard InChI is InChI=1S/C29H25Cl2FN2O5/c1-38-27(36)23(33-26(35)24-20(30)5-3-7-22(24)32)16-17-8-10-18(11-9-17)34-25-19(4-2-6-21(25)31)29(28(34)37)12-14-39-15-13-29/h2-11,23H,12-16H2,1H3,(H,33,35)/t23-/m0/s1. The van der Waals surface area contributed by atoms with Gasteiger partial charge in [-0.25, -0.2) is 9.18 Å². The van der Waals surface area contributed by atoms with Crippen LogP contribution in [0.2, 0.25) is 10.0 Å². The van der Waals surface area contributed by atoms with Crippen molar-refractivity contribution in [3.8, 4) is 0 Å². The van der Waals surface area contributed by atoms with Crippen molar-refractivity contribution in [1.29, 1.82) is 0 Å². The lowest BCUT2D eigenvalue weighted by atomic mass is 9.75. The SMILES string of the molecule is COC(=O)[C@H](Cc1ccc(N2C(=O)C3(CCOCC3)c3cccc(Cl)c32)cc1)NC(=O)c1c(F)cccc1Cl. The zero-order valence-electron chi connectivity index (χ0n) is 21.0. The third kappa shape index (κ3) is 4.88. The van der Waals surface area contributed by atoms with Crippen LogP contribution in [0.4, 0.5) is 15.8 Å². The molecular weight excluding hydrogens is 546 g/mol. The Balaban J connectivity index is 1.40. The van der Waals surface area contributed by atoms with Gasteiger partial charge in [-0.2, -0.15) is 0 Å². The lowest BCUT2D eigenvalue weighted by Gasteiger charge is -2.32. The first-order valence-electron chi connectivity index (χ1n) is 12.4. The second-order valence-electron chi connectivity index (χ2n) is 9.49. The van der Waals surface area contributed by atoms with Crippen molar-refractivity contribution in [2.24, 2.45) is 0 Å². The fraction of sp³-hybridized carbons (Fsp3) is 0.276. The second kappa shape index (κ2) is 11.0. The Hall–Kier alpha value is -3.46. The van der Waals surface area contributed by atoms with E-state index >= 15 is 0 Å². The normalized spacial score (nSPS) is 16.6. The number of rotatable bonds is 6. The van der Waals surface area contributed by atoms with Crippen LogP contribution in [0, 0.1) is 5.82 Å². The fourth-order valence-corrected chi connectivity index (χ4v) is 5.81. The van der Waals surface area contributed by atoms with E-state index in [1.807, 2.05) is 12.1 Å². The van der Waals surface area contributed by atoms with Crippen molar-refractivity contribution in [1.82, 2.24) is 5.32 Å². The third-order valence-corrected chi connectivity index (χ3v) is 7.92. The van der Waals surface area contributed by atoms with Gasteiger partial charge in [-0.15, -0.1) is 0 Å². The van der Waals surface area contributed by atoms with Crippen LogP contribution in [0.1, 0.15) is 34.3 Å². The van der Waals surface area contributed by atoms with E-state index in [0.29, 0.717) is 48.0 Å². The van der Waals surface area contributed by atoms with Crippen molar-refractivity contribution in [3.63, 3.8) is 0 Å². The predicted molar refractivity (Wildman–Crippen MR) is 145 cm³/mol. The molecule has 1 atom stereocenters. The Morgan fingerprint density at radius 3 is 2.38 bits per heavy atom. The number of hydrogen-bond acceptors (Lipinski definition) is 5. The van der Waals surface area contributed by atoms with Gasteiger partial charge < -0.3 is 14.8 Å². The van der Waals surface area contributed by atoms with Crippen LogP contribution in [-0.2, 0) is 30.9 Å². The van der Waals surface area contributed by atoms with Crippen molar-refractivity contribution < 1.29 is 28.2 Å². The molecule has 3 aromatic rings. The number of hydrogen-bond donors (Lipinski definition) is 1. The van der Waals surface area contributed by atoms with Crippen LogP contribution in [0.15, 0.2) is 60.7 Å². The Bertz CT molecular complexity index is 1420. The summed E-state index contributed by atoms with van der Waals surface area (Å²) in [4.78, 5) is 40.7. The number of amides is 2. The van der Waals surface area contributed by atoms with Crippen molar-refractivity contribution in [2.75, 3.05) is 25.2 Å². The van der Waals surface area contributed by atoms with Gasteiger partial charge in [-0.3, -0.25) is 14.5 Å². The summed E-state index contributed by atoms with van der Waals surface area (Å²) in [5.74, 6) is -2.38. The largest absolute Gasteiger partial charge is 0.467 e. The van der Waals surface area contributed by atoms with Crippen molar-refractivity contribution in [2.45, 2.75) is 30.7 Å². The molecule has 0 unspecified atom stereocenters. The highest BCUT2D eigenvalue weighted by molar-refractivity contribution is 6.35. The van der Waals surface area contributed by atoms with E-state index in [2.05, 4.69) is 5.32 Å². The maximum atomic E-state index is 14.2. The van der Waals surface area contributed by atoms with E-state index < -0.39 is 29.2 Å². The molecule has 1 saturated heterocycles. The molecule has 1 N–H and O–H groups in total. The number of esters is 1. The molecule has 3 aromatic carbocycles. The highest BCUT2D eigenvalue weighted by Crippen LogP contribution is 2.52. The Labute approximate surface area is 234 Å². The van der Waals surface area contributed by atoms with Gasteiger partial charge in [-0.1, -0.05) is 53.5 Å². The van der Waals surface area contributed by atoms with Crippen LogP contribution in [0.3, 0.4) is 0 Å². The summed E-state index contributed by atoms with van der Waals surface area (Å²) in [7, 11) is 1.20. The Morgan fingerprint density at radius 1 is 1.05 bits per heavy atom. The minimum Gasteiger partial charge on any atom is -0.467 e. The molecule has 2 heterocycles. The number of nitrogens with zero attached hydrogens (tertiary/aromatic N) is 1. The number of fused-ring (bicyclic) bond motifs is 2. The molecule has 7 nitrogen and oxygen atoms in total. The molecule has 0 saturated carbocycles. The van der Waals surface area contributed by atoms with Crippen LogP contribution in [-0.4, -0.2) is 44.1 Å². The summed E-state index contributed by atoms with van der Waals surface area (Å²) >= 11 is 12.6. The zero-order chi connectivity index (χ0) is 27.7. The van der Waals surface area contributed by atoms with Gasteiger partial charge in [0.1, 0.15) is 11.9 Å². The molecule has 1 fully saturated rings. The number of nitrogens with one attached hydrogen (secondary N) is 1. The van der Waals surface area contributed by atoms with Gasteiger partial charge in [-0.05, 0) is 54.3 Å². The summed E-state index contributed by atoms with van der Waals surface area (Å²) in [6.07, 6.45) is 1.21. The number of carbonyl (C=O) groups is 3.